The summed E-state index contributed by atoms with van der Waals surface area (Å²) in [5.74, 6) is 2.61. The summed E-state index contributed by atoms with van der Waals surface area (Å²) < 4.78 is 35.7. The highest BCUT2D eigenvalue weighted by molar-refractivity contribution is 14.0. The van der Waals surface area contributed by atoms with Crippen LogP contribution in [0.25, 0.3) is 0 Å². The Bertz CT molecular complexity index is 886. The average Bonchev–Trinajstić information content (AvgIpc) is 3.00. The first-order valence-electron chi connectivity index (χ1n) is 10.4. The van der Waals surface area contributed by atoms with Crippen molar-refractivity contribution < 1.29 is 17.9 Å². The third kappa shape index (κ3) is 5.33. The molecule has 3 rings (SSSR count). The molecule has 1 N–H and O–H groups in total. The van der Waals surface area contributed by atoms with Crippen LogP contribution >= 0.6 is 24.0 Å². The van der Waals surface area contributed by atoms with Crippen molar-refractivity contribution in [3.8, 4) is 11.5 Å². The molecule has 1 aromatic carbocycles. The molecule has 9 heteroatoms. The van der Waals surface area contributed by atoms with E-state index in [4.69, 9.17) is 14.5 Å². The number of nitrogens with one attached hydrogen (secondary N) is 1. The van der Waals surface area contributed by atoms with Crippen LogP contribution in [0, 0.1) is 0 Å². The molecule has 1 unspecified atom stereocenters. The summed E-state index contributed by atoms with van der Waals surface area (Å²) >= 11 is 0. The normalized spacial score (nSPS) is 22.0. The van der Waals surface area contributed by atoms with Crippen molar-refractivity contribution in [1.29, 1.82) is 0 Å². The number of hydrogen-bond acceptors (Lipinski definition) is 5. The number of guanidine groups is 1. The van der Waals surface area contributed by atoms with Gasteiger partial charge in [0, 0.05) is 37.2 Å². The predicted molar refractivity (Wildman–Crippen MR) is 131 cm³/mol. The summed E-state index contributed by atoms with van der Waals surface area (Å²) in [5, 5.41) is 3.31. The van der Waals surface area contributed by atoms with Gasteiger partial charge in [0.2, 0.25) is 0 Å². The molecular formula is C21H34IN3O4S. The Morgan fingerprint density at radius 3 is 2.73 bits per heavy atom. The summed E-state index contributed by atoms with van der Waals surface area (Å²) in [4.78, 5) is 6.85. The summed E-state index contributed by atoms with van der Waals surface area (Å²) in [6.07, 6.45) is 1.06. The van der Waals surface area contributed by atoms with Crippen molar-refractivity contribution in [1.82, 2.24) is 10.2 Å². The van der Waals surface area contributed by atoms with Gasteiger partial charge in [-0.2, -0.15) is 0 Å². The average molecular weight is 551 g/mol. The number of ether oxygens (including phenoxy) is 2. The van der Waals surface area contributed by atoms with Gasteiger partial charge in [0.1, 0.15) is 17.6 Å². The fourth-order valence-electron chi connectivity index (χ4n) is 3.81. The van der Waals surface area contributed by atoms with Crippen LogP contribution in [0.4, 0.5) is 0 Å². The number of nitrogens with zero attached hydrogens (tertiary/aromatic N) is 2. The van der Waals surface area contributed by atoms with E-state index in [0.717, 1.165) is 29.4 Å². The highest BCUT2D eigenvalue weighted by atomic mass is 127. The summed E-state index contributed by atoms with van der Waals surface area (Å²) in [6, 6.07) is 4.10. The molecule has 0 amide bonds. The van der Waals surface area contributed by atoms with Gasteiger partial charge in [-0.1, -0.05) is 0 Å². The van der Waals surface area contributed by atoms with Crippen LogP contribution in [-0.4, -0.2) is 62.1 Å². The van der Waals surface area contributed by atoms with Gasteiger partial charge in [0.05, 0.1) is 23.7 Å². The molecule has 1 fully saturated rings. The number of hydrogen-bond donors (Lipinski definition) is 1. The number of benzene rings is 1. The molecule has 1 atom stereocenters. The fraction of sp³-hybridized carbons (Fsp3) is 0.667. The Hall–Kier alpha value is -1.23. The molecule has 0 aromatic heterocycles. The Morgan fingerprint density at radius 1 is 1.37 bits per heavy atom. The fourth-order valence-corrected chi connectivity index (χ4v) is 5.17. The van der Waals surface area contributed by atoms with Crippen LogP contribution in [0.15, 0.2) is 17.1 Å². The van der Waals surface area contributed by atoms with Crippen LogP contribution in [0.2, 0.25) is 0 Å². The van der Waals surface area contributed by atoms with E-state index in [0.29, 0.717) is 32.8 Å². The van der Waals surface area contributed by atoms with Crippen LogP contribution in [0.1, 0.15) is 45.7 Å². The lowest BCUT2D eigenvalue weighted by Crippen LogP contribution is -2.57. The molecule has 1 aromatic rings. The van der Waals surface area contributed by atoms with Gasteiger partial charge < -0.3 is 19.7 Å². The maximum atomic E-state index is 12.3. The maximum Gasteiger partial charge on any atom is 0.194 e. The first-order chi connectivity index (χ1) is 13.7. The molecule has 0 spiro atoms. The number of sulfone groups is 1. The standard InChI is InChI=1S/C21H33N3O4S.HI/c1-6-22-20(24-8-9-29(25,26)21(4,5)14-24)23-13-17-12-19-16(10-15(3)28-19)11-18(17)27-7-2;/h11-12,15H,6-10,13-14H2,1-5H3,(H,22,23);1H. The Labute approximate surface area is 197 Å². The smallest absolute Gasteiger partial charge is 0.194 e. The molecule has 30 heavy (non-hydrogen) atoms. The quantitative estimate of drug-likeness (QED) is 0.345. The van der Waals surface area contributed by atoms with E-state index in [2.05, 4.69) is 18.3 Å². The molecule has 2 aliphatic heterocycles. The van der Waals surface area contributed by atoms with Crippen LogP contribution in [-0.2, 0) is 22.8 Å². The Balaban J connectivity index is 0.00000320. The minimum Gasteiger partial charge on any atom is -0.494 e. The zero-order valence-corrected chi connectivity index (χ0v) is 21.7. The van der Waals surface area contributed by atoms with Gasteiger partial charge in [-0.3, -0.25) is 0 Å². The molecule has 1 saturated heterocycles. The van der Waals surface area contributed by atoms with E-state index in [1.54, 1.807) is 13.8 Å². The van der Waals surface area contributed by atoms with E-state index in [1.807, 2.05) is 24.8 Å². The third-order valence-electron chi connectivity index (χ3n) is 5.46. The minimum absolute atomic E-state index is 0. The van der Waals surface area contributed by atoms with Crippen LogP contribution < -0.4 is 14.8 Å². The summed E-state index contributed by atoms with van der Waals surface area (Å²) in [6.45, 7) is 12.2. The molecule has 0 saturated carbocycles. The van der Waals surface area contributed by atoms with Crippen molar-refractivity contribution in [2.75, 3.05) is 32.0 Å². The van der Waals surface area contributed by atoms with E-state index in [9.17, 15) is 8.42 Å². The highest BCUT2D eigenvalue weighted by Gasteiger charge is 2.41. The second kappa shape index (κ2) is 9.93. The number of fused-ring (bicyclic) bond motifs is 1. The minimum atomic E-state index is -3.10. The van der Waals surface area contributed by atoms with Crippen molar-refractivity contribution in [2.24, 2.45) is 4.99 Å². The van der Waals surface area contributed by atoms with Crippen molar-refractivity contribution in [3.63, 3.8) is 0 Å². The second-order valence-electron chi connectivity index (χ2n) is 8.30. The lowest BCUT2D eigenvalue weighted by molar-refractivity contribution is 0.254. The zero-order valence-electron chi connectivity index (χ0n) is 18.5. The lowest BCUT2D eigenvalue weighted by Gasteiger charge is -2.39. The van der Waals surface area contributed by atoms with E-state index in [1.165, 1.54) is 5.56 Å². The first-order valence-corrected chi connectivity index (χ1v) is 12.0. The highest BCUT2D eigenvalue weighted by Crippen LogP contribution is 2.35. The number of aliphatic imine (C=N–C) groups is 1. The van der Waals surface area contributed by atoms with Crippen molar-refractivity contribution in [3.05, 3.63) is 23.3 Å². The van der Waals surface area contributed by atoms with Crippen LogP contribution in [0.5, 0.6) is 11.5 Å². The Kier molecular flexibility index (Phi) is 8.29. The molecule has 0 bridgehead atoms. The molecule has 2 heterocycles. The number of rotatable bonds is 5. The first kappa shape index (κ1) is 25.0. The Morgan fingerprint density at radius 2 is 2.10 bits per heavy atom. The van der Waals surface area contributed by atoms with E-state index in [-0.39, 0.29) is 35.8 Å². The summed E-state index contributed by atoms with van der Waals surface area (Å²) in [5.41, 5.74) is 2.14. The topological polar surface area (TPSA) is 80.2 Å². The van der Waals surface area contributed by atoms with E-state index < -0.39 is 14.6 Å². The van der Waals surface area contributed by atoms with Crippen LogP contribution in [0.3, 0.4) is 0 Å². The van der Waals surface area contributed by atoms with E-state index >= 15 is 0 Å². The van der Waals surface area contributed by atoms with Crippen molar-refractivity contribution >= 4 is 39.8 Å². The molecule has 7 nitrogen and oxygen atoms in total. The van der Waals surface area contributed by atoms with Gasteiger partial charge in [0.15, 0.2) is 15.8 Å². The van der Waals surface area contributed by atoms with Crippen molar-refractivity contribution in [2.45, 2.75) is 58.4 Å². The molecule has 2 aliphatic rings. The molecular weight excluding hydrogens is 517 g/mol. The zero-order chi connectivity index (χ0) is 21.2. The van der Waals surface area contributed by atoms with Gasteiger partial charge in [-0.25, -0.2) is 13.4 Å². The van der Waals surface area contributed by atoms with Gasteiger partial charge in [-0.15, -0.1) is 24.0 Å². The maximum absolute atomic E-state index is 12.3. The monoisotopic (exact) mass is 551 g/mol. The summed E-state index contributed by atoms with van der Waals surface area (Å²) in [7, 11) is -3.10. The molecule has 0 radical (unpaired) electrons. The van der Waals surface area contributed by atoms with Gasteiger partial charge in [-0.05, 0) is 46.8 Å². The third-order valence-corrected chi connectivity index (χ3v) is 7.99. The van der Waals surface area contributed by atoms with Gasteiger partial charge >= 0.3 is 0 Å². The second-order valence-corrected chi connectivity index (χ2v) is 11.0. The number of halogens is 1. The molecule has 0 aliphatic carbocycles. The van der Waals surface area contributed by atoms with Gasteiger partial charge in [0.25, 0.3) is 0 Å². The predicted octanol–water partition coefficient (Wildman–Crippen LogP) is 3.00. The largest absolute Gasteiger partial charge is 0.494 e. The lowest BCUT2D eigenvalue weighted by atomic mass is 10.1. The molecule has 170 valence electrons. The SMILES string of the molecule is CCNC(=NCc1cc2c(cc1OCC)CC(C)O2)N1CCS(=O)(=O)C(C)(C)C1.I.